The van der Waals surface area contributed by atoms with Crippen molar-refractivity contribution in [3.05, 3.63) is 58.9 Å². The molecule has 0 radical (unpaired) electrons. The Morgan fingerprint density at radius 2 is 1.88 bits per heavy atom. The molecule has 1 atom stereocenters. The fraction of sp³-hybridized carbons (Fsp3) is 0.278. The molecule has 0 saturated carbocycles. The molecule has 26 heavy (non-hydrogen) atoms. The first-order valence-electron chi connectivity index (χ1n) is 7.83. The summed E-state index contributed by atoms with van der Waals surface area (Å²) in [6.45, 7) is 1.74. The number of hydrogen-bond donors (Lipinski definition) is 0. The highest BCUT2D eigenvalue weighted by Gasteiger charge is 2.24. The van der Waals surface area contributed by atoms with Crippen molar-refractivity contribution in [2.24, 2.45) is 4.36 Å². The Balaban J connectivity index is 2.19. The molecule has 0 aliphatic rings. The second-order valence-electron chi connectivity index (χ2n) is 5.85. The van der Waals surface area contributed by atoms with Crippen molar-refractivity contribution in [2.75, 3.05) is 12.5 Å². The fourth-order valence-corrected chi connectivity index (χ4v) is 2.90. The predicted octanol–water partition coefficient (Wildman–Crippen LogP) is 3.91. The van der Waals surface area contributed by atoms with Gasteiger partial charge in [0.2, 0.25) is 5.78 Å². The SMILES string of the molecule is CCC(OC(=O)c1cc(N=S(C)(C)=O)ccn1)C(=O)c1ccc(Cl)cc1. The summed E-state index contributed by atoms with van der Waals surface area (Å²) < 4.78 is 21.1. The lowest BCUT2D eigenvalue weighted by molar-refractivity contribution is 0.0271. The summed E-state index contributed by atoms with van der Waals surface area (Å²) in [5, 5.41) is 0.514. The summed E-state index contributed by atoms with van der Waals surface area (Å²) in [5.41, 5.74) is 0.763. The van der Waals surface area contributed by atoms with Crippen molar-refractivity contribution in [2.45, 2.75) is 19.4 Å². The van der Waals surface area contributed by atoms with E-state index in [-0.39, 0.29) is 11.5 Å². The first-order valence-corrected chi connectivity index (χ1v) is 10.5. The molecule has 0 fully saturated rings. The number of carbonyl (C=O) groups is 2. The van der Waals surface area contributed by atoms with Gasteiger partial charge in [0, 0.05) is 39.0 Å². The number of pyridine rings is 1. The van der Waals surface area contributed by atoms with Crippen molar-refractivity contribution in [1.29, 1.82) is 0 Å². The maximum absolute atomic E-state index is 12.5. The van der Waals surface area contributed by atoms with Crippen LogP contribution in [-0.2, 0) is 14.5 Å². The van der Waals surface area contributed by atoms with Gasteiger partial charge >= 0.3 is 5.97 Å². The Morgan fingerprint density at radius 3 is 2.46 bits per heavy atom. The van der Waals surface area contributed by atoms with Crippen molar-refractivity contribution in [1.82, 2.24) is 4.98 Å². The molecule has 2 aromatic rings. The molecule has 0 saturated heterocycles. The van der Waals surface area contributed by atoms with Crippen LogP contribution in [-0.4, -0.2) is 39.6 Å². The number of hydrogen-bond acceptors (Lipinski definition) is 6. The van der Waals surface area contributed by atoms with Gasteiger partial charge in [0.1, 0.15) is 0 Å². The average Bonchev–Trinajstić information content (AvgIpc) is 2.58. The Hall–Kier alpha value is -2.25. The number of Topliss-reactive ketones (excluding diaryl/α,β-unsaturated/α-hetero) is 1. The lowest BCUT2D eigenvalue weighted by atomic mass is 10.0. The van der Waals surface area contributed by atoms with Gasteiger partial charge in [0.05, 0.1) is 5.69 Å². The van der Waals surface area contributed by atoms with E-state index < -0.39 is 21.8 Å². The van der Waals surface area contributed by atoms with Crippen LogP contribution in [0.4, 0.5) is 5.69 Å². The molecular formula is C18H19ClN2O4S. The normalized spacial score (nSPS) is 12.3. The Labute approximate surface area is 157 Å². The minimum absolute atomic E-state index is 0.00254. The molecule has 1 aromatic heterocycles. The van der Waals surface area contributed by atoms with Crippen molar-refractivity contribution in [3.63, 3.8) is 0 Å². The van der Waals surface area contributed by atoms with Gasteiger partial charge in [-0.3, -0.25) is 4.79 Å². The second kappa shape index (κ2) is 8.42. The lowest BCUT2D eigenvalue weighted by Gasteiger charge is -2.15. The van der Waals surface area contributed by atoms with Crippen molar-refractivity contribution >= 4 is 38.8 Å². The molecule has 2 rings (SSSR count). The molecule has 1 aromatic carbocycles. The molecule has 0 N–H and O–H groups in total. The van der Waals surface area contributed by atoms with Gasteiger partial charge in [-0.25, -0.2) is 14.0 Å². The third-order valence-electron chi connectivity index (χ3n) is 3.32. The molecule has 0 aliphatic carbocycles. The number of halogens is 1. The van der Waals surface area contributed by atoms with Gasteiger partial charge in [-0.15, -0.1) is 0 Å². The van der Waals surface area contributed by atoms with Crippen LogP contribution in [0.3, 0.4) is 0 Å². The average molecular weight is 395 g/mol. The van der Waals surface area contributed by atoms with E-state index in [1.54, 1.807) is 37.3 Å². The van der Waals surface area contributed by atoms with Crippen LogP contribution in [0, 0.1) is 0 Å². The zero-order valence-corrected chi connectivity index (χ0v) is 16.2. The maximum atomic E-state index is 12.5. The van der Waals surface area contributed by atoms with Crippen LogP contribution < -0.4 is 0 Å². The highest BCUT2D eigenvalue weighted by molar-refractivity contribution is 7.92. The van der Waals surface area contributed by atoms with E-state index in [9.17, 15) is 13.8 Å². The fourth-order valence-electron chi connectivity index (χ4n) is 2.15. The maximum Gasteiger partial charge on any atom is 0.357 e. The van der Waals surface area contributed by atoms with Crippen LogP contribution in [0.5, 0.6) is 0 Å². The minimum atomic E-state index is -2.37. The lowest BCUT2D eigenvalue weighted by Crippen LogP contribution is -2.27. The first kappa shape index (κ1) is 20.1. The van der Waals surface area contributed by atoms with Crippen LogP contribution in [0.15, 0.2) is 47.0 Å². The molecule has 1 heterocycles. The zero-order valence-electron chi connectivity index (χ0n) is 14.6. The molecule has 0 bridgehead atoms. The van der Waals surface area contributed by atoms with E-state index in [4.69, 9.17) is 16.3 Å². The summed E-state index contributed by atoms with van der Waals surface area (Å²) in [6, 6.07) is 9.29. The summed E-state index contributed by atoms with van der Waals surface area (Å²) >= 11 is 5.82. The number of ether oxygens (including phenoxy) is 1. The molecule has 0 aliphatic heterocycles. The van der Waals surface area contributed by atoms with Gasteiger partial charge in [0.25, 0.3) is 0 Å². The Bertz CT molecular complexity index is 926. The Morgan fingerprint density at radius 1 is 1.23 bits per heavy atom. The number of carbonyl (C=O) groups excluding carboxylic acids is 2. The molecule has 0 amide bonds. The van der Waals surface area contributed by atoms with Crippen molar-refractivity contribution in [3.8, 4) is 0 Å². The topological polar surface area (TPSA) is 85.7 Å². The molecule has 0 spiro atoms. The molecular weight excluding hydrogens is 376 g/mol. The van der Waals surface area contributed by atoms with Gasteiger partial charge in [-0.1, -0.05) is 18.5 Å². The van der Waals surface area contributed by atoms with Crippen LogP contribution in [0.1, 0.15) is 34.2 Å². The number of ketones is 1. The van der Waals surface area contributed by atoms with E-state index in [1.165, 1.54) is 24.8 Å². The van der Waals surface area contributed by atoms with E-state index in [1.807, 2.05) is 0 Å². The van der Waals surface area contributed by atoms with Gasteiger partial charge in [0.15, 0.2) is 11.8 Å². The van der Waals surface area contributed by atoms with Crippen LogP contribution in [0.2, 0.25) is 5.02 Å². The van der Waals surface area contributed by atoms with Gasteiger partial charge < -0.3 is 4.74 Å². The summed E-state index contributed by atoms with van der Waals surface area (Å²) in [5.74, 6) is -1.06. The smallest absolute Gasteiger partial charge is 0.357 e. The number of rotatable bonds is 6. The molecule has 138 valence electrons. The third kappa shape index (κ3) is 5.64. The molecule has 1 unspecified atom stereocenters. The number of esters is 1. The van der Waals surface area contributed by atoms with E-state index in [0.29, 0.717) is 22.7 Å². The van der Waals surface area contributed by atoms with Gasteiger partial charge in [-0.05, 0) is 42.8 Å². The molecule has 8 heteroatoms. The molecule has 6 nitrogen and oxygen atoms in total. The number of aromatic nitrogens is 1. The number of nitrogens with zero attached hydrogens (tertiary/aromatic N) is 2. The van der Waals surface area contributed by atoms with E-state index in [0.717, 1.165) is 0 Å². The monoisotopic (exact) mass is 394 g/mol. The van der Waals surface area contributed by atoms with Crippen molar-refractivity contribution < 1.29 is 18.5 Å². The zero-order chi connectivity index (χ0) is 19.3. The Kier molecular flexibility index (Phi) is 6.50. The van der Waals surface area contributed by atoms with Gasteiger partial charge in [-0.2, -0.15) is 4.36 Å². The van der Waals surface area contributed by atoms with Crippen LogP contribution in [0.25, 0.3) is 0 Å². The quantitative estimate of drug-likeness (QED) is 0.547. The van der Waals surface area contributed by atoms with Crippen LogP contribution >= 0.6 is 11.6 Å². The first-order chi connectivity index (χ1) is 12.2. The largest absolute Gasteiger partial charge is 0.449 e. The predicted molar refractivity (Wildman–Crippen MR) is 102 cm³/mol. The standard InChI is InChI=1S/C18H19ClN2O4S/c1-4-16(17(22)12-5-7-13(19)8-6-12)25-18(23)15-11-14(9-10-20-15)21-26(2,3)24/h5-11,16H,4H2,1-3H3. The second-order valence-corrected chi connectivity index (χ2v) is 8.83. The highest BCUT2D eigenvalue weighted by Crippen LogP contribution is 2.17. The summed E-state index contributed by atoms with van der Waals surface area (Å²) in [6.07, 6.45) is 3.73. The summed E-state index contributed by atoms with van der Waals surface area (Å²) in [4.78, 5) is 28.8. The minimum Gasteiger partial charge on any atom is -0.449 e. The highest BCUT2D eigenvalue weighted by atomic mass is 35.5. The van der Waals surface area contributed by atoms with E-state index >= 15 is 0 Å². The third-order valence-corrected chi connectivity index (χ3v) is 4.22. The van der Waals surface area contributed by atoms with E-state index in [2.05, 4.69) is 9.35 Å². The summed E-state index contributed by atoms with van der Waals surface area (Å²) in [7, 11) is -2.37. The number of benzene rings is 1.